The molecule has 0 saturated heterocycles. The number of hydrogen-bond donors (Lipinski definition) is 1. The Bertz CT molecular complexity index is 1030. The lowest BCUT2D eigenvalue weighted by Gasteiger charge is -2.24. The van der Waals surface area contributed by atoms with E-state index < -0.39 is 6.11 Å². The number of hydrogen-bond acceptors (Lipinski definition) is 6. The number of rotatable bonds is 6. The molecule has 30 heavy (non-hydrogen) atoms. The molecule has 0 saturated carbocycles. The van der Waals surface area contributed by atoms with E-state index in [1.165, 1.54) is 12.1 Å². The maximum absolute atomic E-state index is 13.2. The van der Waals surface area contributed by atoms with Gasteiger partial charge in [0.1, 0.15) is 24.0 Å². The maximum atomic E-state index is 13.2. The number of anilines is 1. The quantitative estimate of drug-likeness (QED) is 0.643. The van der Waals surface area contributed by atoms with Crippen LogP contribution in [-0.4, -0.2) is 34.5 Å². The Morgan fingerprint density at radius 2 is 1.90 bits per heavy atom. The highest BCUT2D eigenvalue weighted by Gasteiger charge is 2.26. The van der Waals surface area contributed by atoms with E-state index in [-0.39, 0.29) is 11.5 Å². The van der Waals surface area contributed by atoms with E-state index in [4.69, 9.17) is 9.47 Å². The Kier molecular flexibility index (Phi) is 5.21. The van der Waals surface area contributed by atoms with Gasteiger partial charge in [-0.2, -0.15) is 13.8 Å². The topological polar surface area (TPSA) is 69.0 Å². The summed E-state index contributed by atoms with van der Waals surface area (Å²) in [5, 5.41) is 9.53. The van der Waals surface area contributed by atoms with Gasteiger partial charge < -0.3 is 24.2 Å². The maximum Gasteiger partial charge on any atom is 0.394 e. The van der Waals surface area contributed by atoms with Crippen molar-refractivity contribution in [2.24, 2.45) is 0 Å². The van der Waals surface area contributed by atoms with Gasteiger partial charge in [0.05, 0.1) is 18.8 Å². The van der Waals surface area contributed by atoms with Crippen molar-refractivity contribution in [2.45, 2.75) is 26.2 Å². The summed E-state index contributed by atoms with van der Waals surface area (Å²) in [6.07, 6.45) is -3.30. The Balaban J connectivity index is 1.67. The number of nitrogens with zero attached hydrogens (tertiary/aromatic N) is 3. The van der Waals surface area contributed by atoms with Gasteiger partial charge in [0.25, 0.3) is 0 Å². The molecule has 0 bridgehead atoms. The van der Waals surface area contributed by atoms with Gasteiger partial charge in [0, 0.05) is 20.0 Å². The molecule has 3 aromatic rings. The first-order valence-electron chi connectivity index (χ1n) is 9.29. The number of phenolic OH excluding ortho intramolecular Hbond substituents is 1. The normalized spacial score (nSPS) is 13.8. The van der Waals surface area contributed by atoms with Gasteiger partial charge in [-0.25, -0.2) is 0 Å². The van der Waals surface area contributed by atoms with Crippen LogP contribution in [0.4, 0.5) is 14.6 Å². The Hall–Kier alpha value is -3.33. The van der Waals surface area contributed by atoms with E-state index in [1.54, 1.807) is 36.4 Å². The Morgan fingerprint density at radius 1 is 1.17 bits per heavy atom. The molecule has 158 valence electrons. The lowest BCUT2D eigenvalue weighted by Crippen LogP contribution is -2.27. The Morgan fingerprint density at radius 3 is 2.63 bits per heavy atom. The third-order valence-corrected chi connectivity index (χ3v) is 4.49. The van der Waals surface area contributed by atoms with Crippen molar-refractivity contribution in [3.05, 3.63) is 59.8 Å². The predicted octanol–water partition coefficient (Wildman–Crippen LogP) is 4.34. The molecule has 0 radical (unpaired) electrons. The summed E-state index contributed by atoms with van der Waals surface area (Å²) >= 11 is 0. The standard InChI is InChI=1S/C21H21F2N3O4/c1-21(22,23)30-17-5-3-4-16(10-17)29-20-24-19-18(12-28-13-25(19)2)26(20)11-14-6-8-15(27)9-7-14/h3-10,27H,11-13H2,1-2H3. The van der Waals surface area contributed by atoms with Gasteiger partial charge in [-0.3, -0.25) is 4.57 Å². The third-order valence-electron chi connectivity index (χ3n) is 4.49. The van der Waals surface area contributed by atoms with E-state index >= 15 is 0 Å². The van der Waals surface area contributed by atoms with E-state index in [2.05, 4.69) is 9.72 Å². The van der Waals surface area contributed by atoms with Crippen molar-refractivity contribution in [2.75, 3.05) is 18.7 Å². The fourth-order valence-electron chi connectivity index (χ4n) is 3.18. The molecule has 1 aromatic heterocycles. The van der Waals surface area contributed by atoms with Crippen molar-refractivity contribution in [1.29, 1.82) is 0 Å². The molecule has 0 spiro atoms. The predicted molar refractivity (Wildman–Crippen MR) is 105 cm³/mol. The monoisotopic (exact) mass is 417 g/mol. The SMILES string of the molecule is CN1COCc2c1nc(Oc1cccc(OC(C)(F)F)c1)n2Cc1ccc(O)cc1. The number of alkyl halides is 2. The lowest BCUT2D eigenvalue weighted by molar-refractivity contribution is -0.158. The van der Waals surface area contributed by atoms with Crippen LogP contribution in [0, 0.1) is 0 Å². The number of aromatic hydroxyl groups is 1. The number of fused-ring (bicyclic) bond motifs is 1. The second kappa shape index (κ2) is 7.83. The molecule has 7 nitrogen and oxygen atoms in total. The number of ether oxygens (including phenoxy) is 3. The number of aromatic nitrogens is 2. The van der Waals surface area contributed by atoms with Gasteiger partial charge in [-0.05, 0) is 29.8 Å². The van der Waals surface area contributed by atoms with E-state index in [0.717, 1.165) is 17.1 Å². The van der Waals surface area contributed by atoms with Crippen LogP contribution in [0.2, 0.25) is 0 Å². The average molecular weight is 417 g/mol. The molecule has 9 heteroatoms. The summed E-state index contributed by atoms with van der Waals surface area (Å²) in [6.45, 7) is 1.87. The molecule has 4 rings (SSSR count). The van der Waals surface area contributed by atoms with Gasteiger partial charge in [-0.15, -0.1) is 0 Å². The molecule has 2 aromatic carbocycles. The molecule has 0 atom stereocenters. The van der Waals surface area contributed by atoms with Crippen LogP contribution in [0.5, 0.6) is 23.3 Å². The summed E-state index contributed by atoms with van der Waals surface area (Å²) in [5.74, 6) is 1.20. The van der Waals surface area contributed by atoms with Crippen molar-refractivity contribution >= 4 is 5.82 Å². The zero-order valence-electron chi connectivity index (χ0n) is 16.5. The van der Waals surface area contributed by atoms with Crippen molar-refractivity contribution < 1.29 is 28.1 Å². The zero-order chi connectivity index (χ0) is 21.3. The first-order valence-corrected chi connectivity index (χ1v) is 9.29. The van der Waals surface area contributed by atoms with Crippen LogP contribution in [0.3, 0.4) is 0 Å². The second-order valence-electron chi connectivity index (χ2n) is 7.08. The minimum atomic E-state index is -3.30. The Labute approximate surface area is 172 Å². The zero-order valence-corrected chi connectivity index (χ0v) is 16.5. The van der Waals surface area contributed by atoms with E-state index in [0.29, 0.717) is 38.6 Å². The summed E-state index contributed by atoms with van der Waals surface area (Å²) < 4.78 is 44.4. The molecule has 0 amide bonds. The molecular formula is C21H21F2N3O4. The highest BCUT2D eigenvalue weighted by atomic mass is 19.3. The smallest absolute Gasteiger partial charge is 0.394 e. The number of benzene rings is 2. The minimum absolute atomic E-state index is 0.0122. The van der Waals surface area contributed by atoms with Crippen LogP contribution < -0.4 is 14.4 Å². The molecule has 0 unspecified atom stereocenters. The molecule has 1 N–H and O–H groups in total. The van der Waals surface area contributed by atoms with Crippen LogP contribution >= 0.6 is 0 Å². The fraction of sp³-hybridized carbons (Fsp3) is 0.286. The van der Waals surface area contributed by atoms with Crippen molar-refractivity contribution in [3.8, 4) is 23.3 Å². The van der Waals surface area contributed by atoms with Crippen molar-refractivity contribution in [3.63, 3.8) is 0 Å². The first-order chi connectivity index (χ1) is 14.3. The van der Waals surface area contributed by atoms with Gasteiger partial charge in [0.2, 0.25) is 0 Å². The van der Waals surface area contributed by atoms with Crippen LogP contribution in [0.15, 0.2) is 48.5 Å². The molecular weight excluding hydrogens is 396 g/mol. The highest BCUT2D eigenvalue weighted by Crippen LogP contribution is 2.34. The van der Waals surface area contributed by atoms with E-state index in [9.17, 15) is 13.9 Å². The van der Waals surface area contributed by atoms with E-state index in [1.807, 2.05) is 16.5 Å². The molecule has 1 aliphatic rings. The number of imidazole rings is 1. The molecule has 0 fully saturated rings. The van der Waals surface area contributed by atoms with Crippen molar-refractivity contribution in [1.82, 2.24) is 9.55 Å². The van der Waals surface area contributed by atoms with Crippen LogP contribution in [0.25, 0.3) is 0 Å². The third kappa shape index (κ3) is 4.46. The van der Waals surface area contributed by atoms with Gasteiger partial charge >= 0.3 is 12.1 Å². The fourth-order valence-corrected chi connectivity index (χ4v) is 3.18. The summed E-state index contributed by atoms with van der Waals surface area (Å²) in [4.78, 5) is 6.45. The van der Waals surface area contributed by atoms with Crippen LogP contribution in [-0.2, 0) is 17.9 Å². The van der Waals surface area contributed by atoms with Crippen LogP contribution in [0.1, 0.15) is 18.2 Å². The first kappa shape index (κ1) is 20.0. The van der Waals surface area contributed by atoms with Gasteiger partial charge in [0.15, 0.2) is 5.82 Å². The summed E-state index contributed by atoms with van der Waals surface area (Å²) in [7, 11) is 1.86. The summed E-state index contributed by atoms with van der Waals surface area (Å²) in [6, 6.07) is 13.1. The average Bonchev–Trinajstić information content (AvgIpc) is 3.01. The largest absolute Gasteiger partial charge is 0.508 e. The van der Waals surface area contributed by atoms with Gasteiger partial charge in [-0.1, -0.05) is 18.2 Å². The molecule has 2 heterocycles. The number of phenols is 1. The lowest BCUT2D eigenvalue weighted by atomic mass is 10.2. The molecule has 0 aliphatic carbocycles. The minimum Gasteiger partial charge on any atom is -0.508 e. The highest BCUT2D eigenvalue weighted by molar-refractivity contribution is 5.48. The summed E-state index contributed by atoms with van der Waals surface area (Å²) in [5.41, 5.74) is 1.76. The second-order valence-corrected chi connectivity index (χ2v) is 7.08. The molecule has 1 aliphatic heterocycles. The number of halogens is 2.